The zero-order chi connectivity index (χ0) is 19.0. The number of thiazole rings is 1. The van der Waals surface area contributed by atoms with Gasteiger partial charge in [0.1, 0.15) is 5.82 Å². The predicted molar refractivity (Wildman–Crippen MR) is 108 cm³/mol. The topological polar surface area (TPSA) is 84.7 Å². The summed E-state index contributed by atoms with van der Waals surface area (Å²) in [6.45, 7) is 4.38. The van der Waals surface area contributed by atoms with E-state index in [4.69, 9.17) is 5.10 Å². The largest absolute Gasteiger partial charge is 0.373 e. The molecule has 0 fully saturated rings. The molecule has 8 heteroatoms. The van der Waals surface area contributed by atoms with Gasteiger partial charge in [0.2, 0.25) is 5.91 Å². The highest BCUT2D eigenvalue weighted by molar-refractivity contribution is 7.19. The van der Waals surface area contributed by atoms with E-state index in [1.165, 1.54) is 23.8 Å². The predicted octanol–water partition coefficient (Wildman–Crippen LogP) is 3.58. The summed E-state index contributed by atoms with van der Waals surface area (Å²) >= 11 is 1.53. The van der Waals surface area contributed by atoms with E-state index in [1.807, 2.05) is 19.3 Å². The molecular weight excluding hydrogens is 360 g/mol. The highest BCUT2D eigenvalue weighted by Crippen LogP contribution is 2.42. The smallest absolute Gasteiger partial charge is 0.223 e. The maximum atomic E-state index is 11.4. The van der Waals surface area contributed by atoms with Crippen molar-refractivity contribution in [2.75, 3.05) is 17.7 Å². The van der Waals surface area contributed by atoms with Gasteiger partial charge in [0.05, 0.1) is 22.0 Å². The minimum atomic E-state index is -0.0977. The number of hydrogen-bond acceptors (Lipinski definition) is 6. The summed E-state index contributed by atoms with van der Waals surface area (Å²) in [7, 11) is 1.86. The molecule has 0 spiro atoms. The van der Waals surface area contributed by atoms with Gasteiger partial charge in [-0.2, -0.15) is 5.10 Å². The first-order valence-corrected chi connectivity index (χ1v) is 9.93. The summed E-state index contributed by atoms with van der Waals surface area (Å²) in [6.07, 6.45) is 4.74. The highest BCUT2D eigenvalue weighted by Gasteiger charge is 2.27. The molecule has 0 radical (unpaired) electrons. The van der Waals surface area contributed by atoms with Crippen LogP contribution in [0.2, 0.25) is 0 Å². The number of hydrogen-bond donors (Lipinski definition) is 2. The molecule has 140 valence electrons. The number of aromatic nitrogens is 4. The van der Waals surface area contributed by atoms with Crippen LogP contribution < -0.4 is 10.6 Å². The van der Waals surface area contributed by atoms with Crippen molar-refractivity contribution in [3.05, 3.63) is 29.6 Å². The molecule has 2 N–H and O–H groups in total. The number of fused-ring (bicyclic) bond motifs is 3. The second kappa shape index (κ2) is 7.11. The maximum absolute atomic E-state index is 11.4. The van der Waals surface area contributed by atoms with Crippen LogP contribution in [0.5, 0.6) is 0 Å². The van der Waals surface area contributed by atoms with E-state index in [-0.39, 0.29) is 5.91 Å². The van der Waals surface area contributed by atoms with Crippen LogP contribution in [-0.4, -0.2) is 32.7 Å². The number of nitrogens with one attached hydrogen (secondary N) is 2. The zero-order valence-corrected chi connectivity index (χ0v) is 16.5. The number of rotatable bonds is 4. The molecule has 0 aromatic carbocycles. The van der Waals surface area contributed by atoms with Crippen LogP contribution >= 0.6 is 11.3 Å². The van der Waals surface area contributed by atoms with E-state index >= 15 is 0 Å². The Hall–Kier alpha value is -2.74. The summed E-state index contributed by atoms with van der Waals surface area (Å²) < 4.78 is 2.05. The molecule has 0 unspecified atom stereocenters. The molecule has 0 saturated carbocycles. The number of pyridine rings is 1. The Labute approximate surface area is 161 Å². The van der Waals surface area contributed by atoms with E-state index in [0.717, 1.165) is 59.1 Å². The number of nitrogens with zero attached hydrogens (tertiary/aromatic N) is 4. The number of carbonyl (C=O) groups is 1. The van der Waals surface area contributed by atoms with E-state index < -0.39 is 0 Å². The molecule has 1 aliphatic rings. The lowest BCUT2D eigenvalue weighted by Crippen LogP contribution is -2.05. The highest BCUT2D eigenvalue weighted by atomic mass is 32.1. The van der Waals surface area contributed by atoms with Gasteiger partial charge in [-0.3, -0.25) is 9.48 Å². The first kappa shape index (κ1) is 17.7. The van der Waals surface area contributed by atoms with Gasteiger partial charge in [-0.1, -0.05) is 11.3 Å². The second-order valence-electron chi connectivity index (χ2n) is 6.50. The number of anilines is 2. The fourth-order valence-corrected chi connectivity index (χ4v) is 4.61. The Morgan fingerprint density at radius 3 is 2.85 bits per heavy atom. The van der Waals surface area contributed by atoms with Crippen LogP contribution in [-0.2, 0) is 24.2 Å². The molecule has 0 atom stereocenters. The van der Waals surface area contributed by atoms with Crippen LogP contribution in [0.1, 0.15) is 31.5 Å². The third-order valence-electron chi connectivity index (χ3n) is 4.68. The third-order valence-corrected chi connectivity index (χ3v) is 5.70. The van der Waals surface area contributed by atoms with Gasteiger partial charge in [0.15, 0.2) is 5.13 Å². The maximum Gasteiger partial charge on any atom is 0.223 e. The van der Waals surface area contributed by atoms with E-state index in [2.05, 4.69) is 38.3 Å². The van der Waals surface area contributed by atoms with Crippen molar-refractivity contribution in [3.8, 4) is 21.8 Å². The van der Waals surface area contributed by atoms with Crippen LogP contribution in [0, 0.1) is 0 Å². The lowest BCUT2D eigenvalue weighted by molar-refractivity contribution is -0.114. The molecule has 1 amide bonds. The zero-order valence-electron chi connectivity index (χ0n) is 15.7. The number of carbonyl (C=O) groups excluding carboxylic acids is 1. The fourth-order valence-electron chi connectivity index (χ4n) is 3.48. The lowest BCUT2D eigenvalue weighted by atomic mass is 10.0. The van der Waals surface area contributed by atoms with Gasteiger partial charge < -0.3 is 10.6 Å². The Bertz CT molecular complexity index is 989. The first-order valence-electron chi connectivity index (χ1n) is 9.12. The summed E-state index contributed by atoms with van der Waals surface area (Å²) in [5, 5.41) is 11.4. The van der Waals surface area contributed by atoms with Crippen LogP contribution in [0.25, 0.3) is 21.8 Å². The number of aryl methyl sites for hydroxylation is 2. The standard InChI is InChI=1S/C19H22N6OS/c1-4-25-17-13(16(24-25)12-8-9-15(20-3)21-10-12)6-5-7-14-18(17)27-19(23-14)22-11(2)26/h8-10H,4-7H2,1-3H3,(H,20,21)(H,22,23,26). The van der Waals surface area contributed by atoms with Crippen LogP contribution in [0.4, 0.5) is 10.9 Å². The van der Waals surface area contributed by atoms with Crippen molar-refractivity contribution in [3.63, 3.8) is 0 Å². The monoisotopic (exact) mass is 382 g/mol. The average molecular weight is 382 g/mol. The quantitative estimate of drug-likeness (QED) is 0.720. The van der Waals surface area contributed by atoms with Gasteiger partial charge in [0, 0.05) is 37.8 Å². The molecule has 0 aliphatic heterocycles. The molecule has 1 aliphatic carbocycles. The van der Waals surface area contributed by atoms with Crippen molar-refractivity contribution >= 4 is 28.2 Å². The fraction of sp³-hybridized carbons (Fsp3) is 0.368. The van der Waals surface area contributed by atoms with Crippen molar-refractivity contribution in [2.24, 2.45) is 0 Å². The van der Waals surface area contributed by atoms with Gasteiger partial charge in [0.25, 0.3) is 0 Å². The Morgan fingerprint density at radius 2 is 2.19 bits per heavy atom. The summed E-state index contributed by atoms with van der Waals surface area (Å²) in [5.74, 6) is 0.740. The molecule has 3 aromatic rings. The first-order chi connectivity index (χ1) is 13.1. The summed E-state index contributed by atoms with van der Waals surface area (Å²) in [5.41, 5.74) is 5.43. The van der Waals surface area contributed by atoms with Crippen molar-refractivity contribution in [1.82, 2.24) is 19.7 Å². The lowest BCUT2D eigenvalue weighted by Gasteiger charge is -2.04. The Balaban J connectivity index is 1.85. The van der Waals surface area contributed by atoms with E-state index in [0.29, 0.717) is 5.13 Å². The van der Waals surface area contributed by atoms with Gasteiger partial charge in [-0.25, -0.2) is 9.97 Å². The Morgan fingerprint density at radius 1 is 1.33 bits per heavy atom. The molecule has 4 rings (SSSR count). The molecular formula is C19H22N6OS. The molecule has 3 heterocycles. The van der Waals surface area contributed by atoms with Gasteiger partial charge >= 0.3 is 0 Å². The minimum absolute atomic E-state index is 0.0977. The summed E-state index contributed by atoms with van der Waals surface area (Å²) in [6, 6.07) is 4.03. The normalized spacial score (nSPS) is 12.9. The number of amides is 1. The average Bonchev–Trinajstić information content (AvgIpc) is 3.17. The van der Waals surface area contributed by atoms with Crippen LogP contribution in [0.15, 0.2) is 18.3 Å². The van der Waals surface area contributed by atoms with Crippen LogP contribution in [0.3, 0.4) is 0 Å². The molecule has 0 bridgehead atoms. The second-order valence-corrected chi connectivity index (χ2v) is 7.50. The molecule has 3 aromatic heterocycles. The van der Waals surface area contributed by atoms with Gasteiger partial charge in [-0.05, 0) is 38.3 Å². The third kappa shape index (κ3) is 3.21. The SMILES string of the molecule is CCn1nc(-c2ccc(NC)nc2)c2c1-c1sc(NC(C)=O)nc1CCC2. The van der Waals surface area contributed by atoms with Crippen molar-refractivity contribution in [2.45, 2.75) is 39.7 Å². The summed E-state index contributed by atoms with van der Waals surface area (Å²) in [4.78, 5) is 21.6. The van der Waals surface area contributed by atoms with Gasteiger partial charge in [-0.15, -0.1) is 0 Å². The van der Waals surface area contributed by atoms with E-state index in [1.54, 1.807) is 0 Å². The van der Waals surface area contributed by atoms with Crippen molar-refractivity contribution < 1.29 is 4.79 Å². The molecule has 7 nitrogen and oxygen atoms in total. The molecule has 27 heavy (non-hydrogen) atoms. The van der Waals surface area contributed by atoms with E-state index in [9.17, 15) is 4.79 Å². The Kier molecular flexibility index (Phi) is 4.65. The van der Waals surface area contributed by atoms with Crippen molar-refractivity contribution in [1.29, 1.82) is 0 Å². The molecule has 0 saturated heterocycles. The minimum Gasteiger partial charge on any atom is -0.373 e.